The fourth-order valence-electron chi connectivity index (χ4n) is 5.94. The molecule has 0 bridgehead atoms. The van der Waals surface area contributed by atoms with Crippen LogP contribution in [0.1, 0.15) is 47.1 Å². The highest BCUT2D eigenvalue weighted by molar-refractivity contribution is 5.85. The van der Waals surface area contributed by atoms with Crippen LogP contribution in [0, 0.1) is 13.8 Å². The number of halogens is 2. The van der Waals surface area contributed by atoms with Crippen LogP contribution < -0.4 is 4.74 Å². The summed E-state index contributed by atoms with van der Waals surface area (Å²) in [5, 5.41) is 5.21. The average Bonchev–Trinajstić information content (AvgIpc) is 3.58. The van der Waals surface area contributed by atoms with Gasteiger partial charge in [0.15, 0.2) is 11.5 Å². The number of aromatic nitrogens is 5. The van der Waals surface area contributed by atoms with Gasteiger partial charge < -0.3 is 14.2 Å². The molecule has 3 aromatic heterocycles. The lowest BCUT2D eigenvalue weighted by Gasteiger charge is -2.33. The van der Waals surface area contributed by atoms with Crippen LogP contribution in [0.5, 0.6) is 5.75 Å². The highest BCUT2D eigenvalue weighted by Gasteiger charge is 2.27. The SMILES string of the molecule is Cc1ccc2c(C3CCN(CCc4cccc5c4OCc4c(-c6nc(C)no6)ncn4-5)CC3)cccc2n1.Cl.Cl. The number of para-hydroxylation sites is 1. The van der Waals surface area contributed by atoms with E-state index in [4.69, 9.17) is 14.2 Å². The number of nitrogens with zero attached hydrogens (tertiary/aromatic N) is 6. The molecule has 5 aromatic rings. The molecule has 5 heterocycles. The zero-order chi connectivity index (χ0) is 25.6. The molecule has 2 aliphatic rings. The molecule has 8 nitrogen and oxygen atoms in total. The Balaban J connectivity index is 0.00000161. The molecule has 40 heavy (non-hydrogen) atoms. The van der Waals surface area contributed by atoms with Gasteiger partial charge in [-0.15, -0.1) is 24.8 Å². The Bertz CT molecular complexity index is 1640. The van der Waals surface area contributed by atoms with Crippen molar-refractivity contribution in [2.24, 2.45) is 0 Å². The first-order chi connectivity index (χ1) is 18.6. The average molecular weight is 580 g/mol. The van der Waals surface area contributed by atoms with E-state index in [1.165, 1.54) is 29.4 Å². The second kappa shape index (κ2) is 11.6. The molecule has 0 atom stereocenters. The Morgan fingerprint density at radius 3 is 2.58 bits per heavy atom. The third-order valence-electron chi connectivity index (χ3n) is 7.91. The number of imidazole rings is 1. The lowest BCUT2D eigenvalue weighted by Crippen LogP contribution is -2.34. The molecule has 0 unspecified atom stereocenters. The Hall–Kier alpha value is -3.46. The zero-order valence-corrected chi connectivity index (χ0v) is 24.2. The fourth-order valence-corrected chi connectivity index (χ4v) is 5.94. The van der Waals surface area contributed by atoms with Crippen molar-refractivity contribution >= 4 is 35.7 Å². The van der Waals surface area contributed by atoms with E-state index in [9.17, 15) is 0 Å². The predicted octanol–water partition coefficient (Wildman–Crippen LogP) is 6.25. The van der Waals surface area contributed by atoms with E-state index in [1.54, 1.807) is 6.92 Å². The molecule has 2 aromatic carbocycles. The van der Waals surface area contributed by atoms with Gasteiger partial charge in [-0.1, -0.05) is 35.5 Å². The number of likely N-dealkylation sites (tertiary alicyclic amines) is 1. The highest BCUT2D eigenvalue weighted by atomic mass is 35.5. The number of rotatable bonds is 5. The van der Waals surface area contributed by atoms with Gasteiger partial charge in [0.05, 0.1) is 16.9 Å². The second-order valence-electron chi connectivity index (χ2n) is 10.3. The van der Waals surface area contributed by atoms with Gasteiger partial charge in [0.25, 0.3) is 5.89 Å². The summed E-state index contributed by atoms with van der Waals surface area (Å²) in [6, 6.07) is 17.3. The summed E-state index contributed by atoms with van der Waals surface area (Å²) in [4.78, 5) is 16.2. The van der Waals surface area contributed by atoms with E-state index < -0.39 is 0 Å². The van der Waals surface area contributed by atoms with Crippen LogP contribution >= 0.6 is 24.8 Å². The van der Waals surface area contributed by atoms with Crippen LogP contribution in [0.3, 0.4) is 0 Å². The first-order valence-corrected chi connectivity index (χ1v) is 13.3. The van der Waals surface area contributed by atoms with Crippen molar-refractivity contribution in [3.8, 4) is 23.0 Å². The second-order valence-corrected chi connectivity index (χ2v) is 10.3. The summed E-state index contributed by atoms with van der Waals surface area (Å²) in [6.45, 7) is 7.52. The van der Waals surface area contributed by atoms with E-state index >= 15 is 0 Å². The predicted molar refractivity (Wildman–Crippen MR) is 159 cm³/mol. The molecule has 10 heteroatoms. The van der Waals surface area contributed by atoms with Crippen LogP contribution in [-0.2, 0) is 13.0 Å². The van der Waals surface area contributed by atoms with E-state index in [0.717, 1.165) is 54.4 Å². The van der Waals surface area contributed by atoms with E-state index in [2.05, 4.69) is 80.0 Å². The molecule has 1 saturated heterocycles. The highest BCUT2D eigenvalue weighted by Crippen LogP contribution is 2.37. The normalized spacial score (nSPS) is 15.1. The number of aryl methyl sites for hydroxylation is 2. The van der Waals surface area contributed by atoms with E-state index in [0.29, 0.717) is 29.9 Å². The molecule has 0 spiro atoms. The minimum atomic E-state index is 0. The monoisotopic (exact) mass is 578 g/mol. The Kier molecular flexibility index (Phi) is 8.12. The largest absolute Gasteiger partial charge is 0.485 e. The Morgan fingerprint density at radius 2 is 1.77 bits per heavy atom. The van der Waals surface area contributed by atoms with Gasteiger partial charge in [0.2, 0.25) is 0 Å². The molecule has 0 radical (unpaired) electrons. The van der Waals surface area contributed by atoms with Crippen molar-refractivity contribution in [2.75, 3.05) is 19.6 Å². The Morgan fingerprint density at radius 1 is 0.950 bits per heavy atom. The molecule has 1 fully saturated rings. The molecule has 208 valence electrons. The summed E-state index contributed by atoms with van der Waals surface area (Å²) in [5.41, 5.74) is 7.49. The van der Waals surface area contributed by atoms with Crippen molar-refractivity contribution in [1.82, 2.24) is 29.6 Å². The van der Waals surface area contributed by atoms with Crippen molar-refractivity contribution in [1.29, 1.82) is 0 Å². The van der Waals surface area contributed by atoms with Crippen LogP contribution in [0.15, 0.2) is 59.4 Å². The number of pyridine rings is 1. The first kappa shape index (κ1) is 28.1. The van der Waals surface area contributed by atoms with Crippen LogP contribution in [0.4, 0.5) is 0 Å². The van der Waals surface area contributed by atoms with Gasteiger partial charge in [-0.05, 0) is 81.4 Å². The van der Waals surface area contributed by atoms with Gasteiger partial charge in [0.1, 0.15) is 18.7 Å². The van der Waals surface area contributed by atoms with Gasteiger partial charge >= 0.3 is 0 Å². The smallest absolute Gasteiger partial charge is 0.278 e. The summed E-state index contributed by atoms with van der Waals surface area (Å²) >= 11 is 0. The van der Waals surface area contributed by atoms with Gasteiger partial charge in [-0.2, -0.15) is 4.98 Å². The molecule has 0 saturated carbocycles. The topological polar surface area (TPSA) is 82.1 Å². The molecule has 2 aliphatic heterocycles. The zero-order valence-electron chi connectivity index (χ0n) is 22.5. The lowest BCUT2D eigenvalue weighted by molar-refractivity contribution is 0.213. The number of piperidine rings is 1. The molecule has 0 N–H and O–H groups in total. The third-order valence-corrected chi connectivity index (χ3v) is 7.91. The Labute approximate surface area is 245 Å². The third kappa shape index (κ3) is 5.07. The van der Waals surface area contributed by atoms with Crippen molar-refractivity contribution in [2.45, 2.75) is 45.6 Å². The van der Waals surface area contributed by atoms with E-state index in [1.807, 2.05) is 6.33 Å². The maximum absolute atomic E-state index is 6.30. The first-order valence-electron chi connectivity index (χ1n) is 13.3. The van der Waals surface area contributed by atoms with Gasteiger partial charge in [-0.3, -0.25) is 9.55 Å². The standard InChI is InChI=1S/C30H30N6O2.2ClH/c1-19-9-10-24-23(6-4-7-25(24)32-19)21-11-14-35(15-12-21)16-13-22-5-3-8-26-29(22)37-17-27-28(31-18-36(26)27)30-33-20(2)34-38-30;;/h3-10,18,21H,11-17H2,1-2H3;2*1H. The summed E-state index contributed by atoms with van der Waals surface area (Å²) < 4.78 is 13.7. The minimum absolute atomic E-state index is 0. The molecular weight excluding hydrogens is 547 g/mol. The molecular formula is C30H32Cl2N6O2. The summed E-state index contributed by atoms with van der Waals surface area (Å²) in [7, 11) is 0. The molecule has 0 aliphatic carbocycles. The van der Waals surface area contributed by atoms with E-state index in [-0.39, 0.29) is 24.8 Å². The van der Waals surface area contributed by atoms with Crippen LogP contribution in [0.2, 0.25) is 0 Å². The van der Waals surface area contributed by atoms with Crippen LogP contribution in [0.25, 0.3) is 28.2 Å². The van der Waals surface area contributed by atoms with Crippen molar-refractivity contribution < 1.29 is 9.26 Å². The number of fused-ring (bicyclic) bond motifs is 4. The quantitative estimate of drug-likeness (QED) is 0.244. The molecule has 7 rings (SSSR count). The molecule has 0 amide bonds. The minimum Gasteiger partial charge on any atom is -0.485 e. The van der Waals surface area contributed by atoms with Gasteiger partial charge in [-0.25, -0.2) is 4.98 Å². The summed E-state index contributed by atoms with van der Waals surface area (Å²) in [6.07, 6.45) is 5.12. The van der Waals surface area contributed by atoms with Crippen molar-refractivity contribution in [3.63, 3.8) is 0 Å². The number of benzene rings is 2. The summed E-state index contributed by atoms with van der Waals surface area (Å²) in [5.74, 6) is 2.55. The van der Waals surface area contributed by atoms with Crippen LogP contribution in [-0.4, -0.2) is 49.2 Å². The number of hydrogen-bond acceptors (Lipinski definition) is 7. The van der Waals surface area contributed by atoms with Gasteiger partial charge in [0, 0.05) is 17.6 Å². The van der Waals surface area contributed by atoms with Crippen molar-refractivity contribution in [3.05, 3.63) is 83.2 Å². The fraction of sp³-hybridized carbons (Fsp3) is 0.333. The maximum Gasteiger partial charge on any atom is 0.278 e. The maximum atomic E-state index is 6.30. The number of ether oxygens (including phenoxy) is 1. The lowest BCUT2D eigenvalue weighted by atomic mass is 9.87. The number of hydrogen-bond donors (Lipinski definition) is 0.